The summed E-state index contributed by atoms with van der Waals surface area (Å²) in [4.78, 5) is 10.2. The van der Waals surface area contributed by atoms with Crippen molar-refractivity contribution in [3.8, 4) is 5.69 Å². The van der Waals surface area contributed by atoms with Crippen LogP contribution in [0.25, 0.3) is 5.69 Å². The fraction of sp³-hybridized carbons (Fsp3) is 0. The molecule has 0 aliphatic carbocycles. The maximum Gasteiger partial charge on any atom is 0.297 e. The molecule has 0 atom stereocenters. The van der Waals surface area contributed by atoms with Gasteiger partial charge in [0.15, 0.2) is 0 Å². The number of halogens is 3. The highest BCUT2D eigenvalue weighted by atomic mass is 79.9. The second-order valence-corrected chi connectivity index (χ2v) is 4.89. The summed E-state index contributed by atoms with van der Waals surface area (Å²) in [5, 5.41) is 14.8. The van der Waals surface area contributed by atoms with Crippen molar-refractivity contribution in [1.29, 1.82) is 0 Å². The quantitative estimate of drug-likeness (QED) is 0.605. The van der Waals surface area contributed by atoms with Gasteiger partial charge in [-0.3, -0.25) is 10.1 Å². The SMILES string of the molecule is O=[N+]([O-])c1cc(F)c(Br)cc1-n1cc(Br)cn1. The van der Waals surface area contributed by atoms with E-state index < -0.39 is 10.7 Å². The Labute approximate surface area is 112 Å². The van der Waals surface area contributed by atoms with E-state index >= 15 is 0 Å². The molecule has 2 aromatic rings. The highest BCUT2D eigenvalue weighted by Gasteiger charge is 2.19. The molecule has 0 saturated heterocycles. The van der Waals surface area contributed by atoms with Crippen molar-refractivity contribution in [2.45, 2.75) is 0 Å². The highest BCUT2D eigenvalue weighted by molar-refractivity contribution is 9.10. The molecule has 1 aromatic heterocycles. The minimum atomic E-state index is -0.688. The zero-order valence-electron chi connectivity index (χ0n) is 8.10. The van der Waals surface area contributed by atoms with Crippen LogP contribution in [0.4, 0.5) is 10.1 Å². The molecule has 0 N–H and O–H groups in total. The monoisotopic (exact) mass is 363 g/mol. The normalized spacial score (nSPS) is 10.5. The van der Waals surface area contributed by atoms with Gasteiger partial charge < -0.3 is 0 Å². The van der Waals surface area contributed by atoms with E-state index in [-0.39, 0.29) is 15.8 Å². The van der Waals surface area contributed by atoms with Crippen LogP contribution < -0.4 is 0 Å². The molecule has 0 unspecified atom stereocenters. The van der Waals surface area contributed by atoms with Gasteiger partial charge in [0.25, 0.3) is 5.69 Å². The summed E-state index contributed by atoms with van der Waals surface area (Å²) in [6.07, 6.45) is 3.04. The van der Waals surface area contributed by atoms with Crippen LogP contribution in [-0.2, 0) is 0 Å². The summed E-state index contributed by atoms with van der Waals surface area (Å²) in [6, 6.07) is 2.17. The number of benzene rings is 1. The Morgan fingerprint density at radius 2 is 2.12 bits per heavy atom. The average molecular weight is 365 g/mol. The van der Waals surface area contributed by atoms with Crippen molar-refractivity contribution in [3.63, 3.8) is 0 Å². The molecule has 88 valence electrons. The predicted octanol–water partition coefficient (Wildman–Crippen LogP) is 3.44. The van der Waals surface area contributed by atoms with E-state index in [1.54, 1.807) is 6.20 Å². The number of hydrogen-bond acceptors (Lipinski definition) is 3. The summed E-state index contributed by atoms with van der Waals surface area (Å²) in [5.74, 6) is -0.688. The summed E-state index contributed by atoms with van der Waals surface area (Å²) in [7, 11) is 0. The topological polar surface area (TPSA) is 61.0 Å². The zero-order valence-corrected chi connectivity index (χ0v) is 11.3. The molecular formula is C9H4Br2FN3O2. The maximum atomic E-state index is 13.3. The van der Waals surface area contributed by atoms with Gasteiger partial charge in [-0.25, -0.2) is 9.07 Å². The van der Waals surface area contributed by atoms with Crippen LogP contribution in [0.2, 0.25) is 0 Å². The molecule has 0 fully saturated rings. The van der Waals surface area contributed by atoms with E-state index in [2.05, 4.69) is 37.0 Å². The lowest BCUT2D eigenvalue weighted by atomic mass is 10.2. The third kappa shape index (κ3) is 2.37. The molecule has 1 heterocycles. The van der Waals surface area contributed by atoms with Gasteiger partial charge in [0.05, 0.1) is 26.1 Å². The first-order valence-electron chi connectivity index (χ1n) is 4.33. The van der Waals surface area contributed by atoms with Gasteiger partial charge in [0, 0.05) is 6.20 Å². The van der Waals surface area contributed by atoms with Crippen LogP contribution in [0, 0.1) is 15.9 Å². The molecule has 0 spiro atoms. The number of hydrogen-bond donors (Lipinski definition) is 0. The third-order valence-electron chi connectivity index (χ3n) is 2.01. The van der Waals surface area contributed by atoms with Crippen molar-refractivity contribution >= 4 is 37.5 Å². The van der Waals surface area contributed by atoms with Gasteiger partial charge in [0.1, 0.15) is 11.5 Å². The second kappa shape index (κ2) is 4.53. The lowest BCUT2D eigenvalue weighted by molar-refractivity contribution is -0.384. The molecule has 0 amide bonds. The summed E-state index contributed by atoms with van der Waals surface area (Å²) >= 11 is 6.17. The van der Waals surface area contributed by atoms with Crippen LogP contribution in [0.3, 0.4) is 0 Å². The van der Waals surface area contributed by atoms with E-state index in [4.69, 9.17) is 0 Å². The first-order chi connectivity index (χ1) is 7.99. The Bertz CT molecular complexity index is 600. The molecule has 0 bridgehead atoms. The molecule has 0 radical (unpaired) electrons. The molecular weight excluding hydrogens is 361 g/mol. The number of nitro benzene ring substituents is 1. The minimum absolute atomic E-state index is 0.143. The standard InChI is InChI=1S/C9H4Br2FN3O2/c10-5-3-13-14(4-5)8-1-6(11)7(12)2-9(8)15(16)17/h1-4H. The zero-order chi connectivity index (χ0) is 12.6. The van der Waals surface area contributed by atoms with Crippen molar-refractivity contribution in [2.24, 2.45) is 0 Å². The molecule has 0 aliphatic heterocycles. The number of aromatic nitrogens is 2. The Morgan fingerprint density at radius 3 is 2.65 bits per heavy atom. The smallest absolute Gasteiger partial charge is 0.258 e. The van der Waals surface area contributed by atoms with Gasteiger partial charge in [-0.1, -0.05) is 0 Å². The van der Waals surface area contributed by atoms with Crippen molar-refractivity contribution in [2.75, 3.05) is 0 Å². The lowest BCUT2D eigenvalue weighted by Gasteiger charge is -2.04. The van der Waals surface area contributed by atoms with E-state index in [9.17, 15) is 14.5 Å². The Balaban J connectivity index is 2.67. The van der Waals surface area contributed by atoms with E-state index in [0.717, 1.165) is 6.07 Å². The number of rotatable bonds is 2. The molecule has 2 rings (SSSR count). The van der Waals surface area contributed by atoms with Crippen LogP contribution in [0.1, 0.15) is 0 Å². The van der Waals surface area contributed by atoms with Crippen LogP contribution >= 0.6 is 31.9 Å². The number of nitro groups is 1. The molecule has 5 nitrogen and oxygen atoms in total. The fourth-order valence-corrected chi connectivity index (χ4v) is 1.90. The van der Waals surface area contributed by atoms with Crippen molar-refractivity contribution < 1.29 is 9.31 Å². The number of nitrogens with zero attached hydrogens (tertiary/aromatic N) is 3. The van der Waals surface area contributed by atoms with Gasteiger partial charge in [-0.15, -0.1) is 0 Å². The Morgan fingerprint density at radius 1 is 1.41 bits per heavy atom. The first-order valence-corrected chi connectivity index (χ1v) is 5.91. The Hall–Kier alpha value is -1.28. The second-order valence-electron chi connectivity index (χ2n) is 3.12. The summed E-state index contributed by atoms with van der Waals surface area (Å²) < 4.78 is 15.4. The summed E-state index contributed by atoms with van der Waals surface area (Å²) in [5.41, 5.74) is -0.157. The lowest BCUT2D eigenvalue weighted by Crippen LogP contribution is -2.01. The Kier molecular flexibility index (Phi) is 3.25. The average Bonchev–Trinajstić information content (AvgIpc) is 2.68. The fourth-order valence-electron chi connectivity index (χ4n) is 1.29. The van der Waals surface area contributed by atoms with Gasteiger partial charge in [-0.05, 0) is 37.9 Å². The van der Waals surface area contributed by atoms with E-state index in [1.807, 2.05) is 0 Å². The molecule has 0 aliphatic rings. The minimum Gasteiger partial charge on any atom is -0.258 e. The van der Waals surface area contributed by atoms with Gasteiger partial charge in [-0.2, -0.15) is 5.10 Å². The molecule has 17 heavy (non-hydrogen) atoms. The maximum absolute atomic E-state index is 13.3. The van der Waals surface area contributed by atoms with Crippen LogP contribution in [0.5, 0.6) is 0 Å². The predicted molar refractivity (Wildman–Crippen MR) is 65.6 cm³/mol. The largest absolute Gasteiger partial charge is 0.297 e. The highest BCUT2D eigenvalue weighted by Crippen LogP contribution is 2.29. The summed E-state index contributed by atoms with van der Waals surface area (Å²) in [6.45, 7) is 0. The third-order valence-corrected chi connectivity index (χ3v) is 3.03. The molecule has 8 heteroatoms. The van der Waals surface area contributed by atoms with Gasteiger partial charge in [0.2, 0.25) is 0 Å². The van der Waals surface area contributed by atoms with Crippen molar-refractivity contribution in [3.05, 3.63) is 49.4 Å². The van der Waals surface area contributed by atoms with Crippen LogP contribution in [0.15, 0.2) is 33.5 Å². The van der Waals surface area contributed by atoms with Crippen molar-refractivity contribution in [1.82, 2.24) is 9.78 Å². The first kappa shape index (κ1) is 12.2. The van der Waals surface area contributed by atoms with Gasteiger partial charge >= 0.3 is 0 Å². The molecule has 0 saturated carbocycles. The van der Waals surface area contributed by atoms with E-state index in [0.29, 0.717) is 4.47 Å². The van der Waals surface area contributed by atoms with E-state index in [1.165, 1.54) is 16.9 Å². The van der Waals surface area contributed by atoms with Crippen LogP contribution in [-0.4, -0.2) is 14.7 Å². The molecule has 1 aromatic carbocycles.